The van der Waals surface area contributed by atoms with Crippen LogP contribution in [-0.2, 0) is 6.42 Å². The lowest BCUT2D eigenvalue weighted by Gasteiger charge is -2.27. The second kappa shape index (κ2) is 9.38. The standard InChI is InChI=1S/C25H27Cl2NO/c1-17-2-4-18(5-3-17)19-7-11-25-21(14-19)6-9-23(29-25)16-28-13-12-20-15-22(26)8-10-24(20)27/h2-5,7,11,14-15,23,28H,6,8-10,12-13,16H2,1H3. The minimum Gasteiger partial charge on any atom is -0.489 e. The van der Waals surface area contributed by atoms with Crippen molar-refractivity contribution in [3.63, 3.8) is 0 Å². The summed E-state index contributed by atoms with van der Waals surface area (Å²) in [5.41, 5.74) is 6.26. The van der Waals surface area contributed by atoms with Gasteiger partial charge < -0.3 is 10.1 Å². The first kappa shape index (κ1) is 20.5. The quantitative estimate of drug-likeness (QED) is 0.514. The number of aryl methyl sites for hydroxylation is 2. The van der Waals surface area contributed by atoms with Gasteiger partial charge in [-0.15, -0.1) is 0 Å². The van der Waals surface area contributed by atoms with E-state index in [1.807, 2.05) is 6.08 Å². The van der Waals surface area contributed by atoms with Crippen LogP contribution in [0.2, 0.25) is 0 Å². The Labute approximate surface area is 183 Å². The molecule has 1 heterocycles. The van der Waals surface area contributed by atoms with E-state index < -0.39 is 0 Å². The van der Waals surface area contributed by atoms with Crippen molar-refractivity contribution in [2.45, 2.75) is 45.1 Å². The van der Waals surface area contributed by atoms with Crippen molar-refractivity contribution in [2.75, 3.05) is 13.1 Å². The molecule has 4 rings (SSSR count). The molecule has 1 aliphatic carbocycles. The molecule has 2 aromatic rings. The number of fused-ring (bicyclic) bond motifs is 1. The lowest BCUT2D eigenvalue weighted by Crippen LogP contribution is -2.34. The van der Waals surface area contributed by atoms with Gasteiger partial charge in [0.2, 0.25) is 0 Å². The van der Waals surface area contributed by atoms with E-state index in [0.29, 0.717) is 0 Å². The molecule has 2 aliphatic rings. The lowest BCUT2D eigenvalue weighted by atomic mass is 9.96. The topological polar surface area (TPSA) is 21.3 Å². The van der Waals surface area contributed by atoms with Crippen LogP contribution in [0.25, 0.3) is 11.1 Å². The van der Waals surface area contributed by atoms with E-state index in [-0.39, 0.29) is 6.10 Å². The number of allylic oxidation sites excluding steroid dienone is 3. The normalized spacial score (nSPS) is 18.9. The summed E-state index contributed by atoms with van der Waals surface area (Å²) in [5, 5.41) is 5.37. The van der Waals surface area contributed by atoms with E-state index in [1.54, 1.807) is 0 Å². The predicted molar refractivity (Wildman–Crippen MR) is 123 cm³/mol. The molecule has 0 spiro atoms. The van der Waals surface area contributed by atoms with Gasteiger partial charge in [0.15, 0.2) is 0 Å². The molecule has 1 aliphatic heterocycles. The van der Waals surface area contributed by atoms with Gasteiger partial charge in [-0.3, -0.25) is 0 Å². The molecule has 0 bridgehead atoms. The smallest absolute Gasteiger partial charge is 0.123 e. The molecule has 0 aromatic heterocycles. The maximum Gasteiger partial charge on any atom is 0.123 e. The number of rotatable bonds is 6. The SMILES string of the molecule is Cc1ccc(-c2ccc3c(c2)CCC(CNCCC2=C(Cl)CCC(Cl)=C2)O3)cc1. The van der Waals surface area contributed by atoms with E-state index >= 15 is 0 Å². The average molecular weight is 428 g/mol. The van der Waals surface area contributed by atoms with E-state index in [2.05, 4.69) is 54.7 Å². The molecule has 152 valence electrons. The Bertz CT molecular complexity index is 930. The molecule has 0 radical (unpaired) electrons. The number of benzene rings is 2. The number of ether oxygens (including phenoxy) is 1. The number of hydrogen-bond donors (Lipinski definition) is 1. The fraction of sp³-hybridized carbons (Fsp3) is 0.360. The van der Waals surface area contributed by atoms with Crippen molar-refractivity contribution in [3.8, 4) is 16.9 Å². The molecule has 0 saturated carbocycles. The van der Waals surface area contributed by atoms with Crippen molar-refractivity contribution in [2.24, 2.45) is 0 Å². The monoisotopic (exact) mass is 427 g/mol. The van der Waals surface area contributed by atoms with Crippen LogP contribution in [0.5, 0.6) is 5.75 Å². The Kier molecular flexibility index (Phi) is 6.64. The molecule has 2 nitrogen and oxygen atoms in total. The number of halogens is 2. The van der Waals surface area contributed by atoms with Crippen LogP contribution in [0.4, 0.5) is 0 Å². The van der Waals surface area contributed by atoms with Crippen LogP contribution < -0.4 is 10.1 Å². The minimum absolute atomic E-state index is 0.211. The van der Waals surface area contributed by atoms with E-state index in [0.717, 1.165) is 66.6 Å². The molecule has 1 N–H and O–H groups in total. The van der Waals surface area contributed by atoms with Gasteiger partial charge >= 0.3 is 0 Å². The Hall–Kier alpha value is -1.74. The van der Waals surface area contributed by atoms with Crippen LogP contribution >= 0.6 is 23.2 Å². The van der Waals surface area contributed by atoms with E-state index in [9.17, 15) is 0 Å². The van der Waals surface area contributed by atoms with Crippen LogP contribution in [0.15, 0.2) is 64.2 Å². The number of hydrogen-bond acceptors (Lipinski definition) is 2. The van der Waals surface area contributed by atoms with Crippen LogP contribution in [0, 0.1) is 6.92 Å². The Morgan fingerprint density at radius 1 is 1.00 bits per heavy atom. The molecular formula is C25H27Cl2NO. The van der Waals surface area contributed by atoms with Gasteiger partial charge in [0.05, 0.1) is 0 Å². The third-order valence-corrected chi connectivity index (χ3v) is 6.41. The molecule has 4 heteroatoms. The highest BCUT2D eigenvalue weighted by molar-refractivity contribution is 6.32. The fourth-order valence-electron chi connectivity index (χ4n) is 3.94. The third-order valence-electron chi connectivity index (χ3n) is 5.68. The van der Waals surface area contributed by atoms with Gasteiger partial charge in [0.1, 0.15) is 11.9 Å². The summed E-state index contributed by atoms with van der Waals surface area (Å²) in [7, 11) is 0. The van der Waals surface area contributed by atoms with Crippen molar-refractivity contribution >= 4 is 23.2 Å². The average Bonchev–Trinajstić information content (AvgIpc) is 2.73. The second-order valence-electron chi connectivity index (χ2n) is 7.94. The van der Waals surface area contributed by atoms with E-state index in [4.69, 9.17) is 27.9 Å². The molecule has 1 unspecified atom stereocenters. The highest BCUT2D eigenvalue weighted by atomic mass is 35.5. The molecule has 0 fully saturated rings. The summed E-state index contributed by atoms with van der Waals surface area (Å²) in [6, 6.07) is 15.2. The van der Waals surface area contributed by atoms with Crippen molar-refractivity contribution in [1.82, 2.24) is 5.32 Å². The zero-order chi connectivity index (χ0) is 20.2. The zero-order valence-electron chi connectivity index (χ0n) is 16.8. The van der Waals surface area contributed by atoms with Gasteiger partial charge in [0.25, 0.3) is 0 Å². The minimum atomic E-state index is 0.211. The van der Waals surface area contributed by atoms with Crippen molar-refractivity contribution in [3.05, 3.63) is 75.3 Å². The summed E-state index contributed by atoms with van der Waals surface area (Å²) in [5.74, 6) is 1.02. The maximum atomic E-state index is 6.32. The first-order chi connectivity index (χ1) is 14.1. The maximum absolute atomic E-state index is 6.32. The van der Waals surface area contributed by atoms with Crippen LogP contribution in [0.1, 0.15) is 36.8 Å². The summed E-state index contributed by atoms with van der Waals surface area (Å²) < 4.78 is 6.24. The van der Waals surface area contributed by atoms with Gasteiger partial charge in [-0.05, 0) is 86.0 Å². The molecule has 0 saturated heterocycles. The first-order valence-electron chi connectivity index (χ1n) is 10.4. The Morgan fingerprint density at radius 2 is 1.79 bits per heavy atom. The highest BCUT2D eigenvalue weighted by Crippen LogP contribution is 2.32. The van der Waals surface area contributed by atoms with Crippen molar-refractivity contribution in [1.29, 1.82) is 0 Å². The predicted octanol–water partition coefficient (Wildman–Crippen LogP) is 6.74. The highest BCUT2D eigenvalue weighted by Gasteiger charge is 2.20. The zero-order valence-corrected chi connectivity index (χ0v) is 18.3. The molecule has 1 atom stereocenters. The van der Waals surface area contributed by atoms with Gasteiger partial charge in [0, 0.05) is 16.6 Å². The first-order valence-corrected chi connectivity index (χ1v) is 11.1. The van der Waals surface area contributed by atoms with Gasteiger partial charge in [-0.2, -0.15) is 0 Å². The largest absolute Gasteiger partial charge is 0.489 e. The van der Waals surface area contributed by atoms with Crippen LogP contribution in [0.3, 0.4) is 0 Å². The molecule has 2 aromatic carbocycles. The molecule has 0 amide bonds. The Morgan fingerprint density at radius 3 is 2.62 bits per heavy atom. The molecular weight excluding hydrogens is 401 g/mol. The second-order valence-corrected chi connectivity index (χ2v) is 8.88. The lowest BCUT2D eigenvalue weighted by molar-refractivity contribution is 0.171. The fourth-order valence-corrected chi connectivity index (χ4v) is 4.41. The summed E-state index contributed by atoms with van der Waals surface area (Å²) >= 11 is 12.5. The number of nitrogens with one attached hydrogen (secondary N) is 1. The Balaban J connectivity index is 1.29. The van der Waals surface area contributed by atoms with Crippen molar-refractivity contribution < 1.29 is 4.74 Å². The summed E-state index contributed by atoms with van der Waals surface area (Å²) in [6.07, 6.45) is 6.94. The third kappa shape index (κ3) is 5.25. The molecule has 29 heavy (non-hydrogen) atoms. The summed E-state index contributed by atoms with van der Waals surface area (Å²) in [4.78, 5) is 0. The van der Waals surface area contributed by atoms with E-state index in [1.165, 1.54) is 22.3 Å². The van der Waals surface area contributed by atoms with Gasteiger partial charge in [-0.1, -0.05) is 59.1 Å². The van der Waals surface area contributed by atoms with Gasteiger partial charge in [-0.25, -0.2) is 0 Å². The van der Waals surface area contributed by atoms with Crippen LogP contribution in [-0.4, -0.2) is 19.2 Å². The summed E-state index contributed by atoms with van der Waals surface area (Å²) in [6.45, 7) is 3.85.